The van der Waals surface area contributed by atoms with Crippen molar-refractivity contribution < 1.29 is 18.7 Å². The zero-order valence-corrected chi connectivity index (χ0v) is 23.4. The van der Waals surface area contributed by atoms with Crippen LogP contribution >= 0.6 is 11.6 Å². The molecular formula is C30H24ClFN8O3. The number of carbonyl (C=O) groups is 2. The third-order valence-electron chi connectivity index (χ3n) is 6.35. The second kappa shape index (κ2) is 13.4. The Hall–Kier alpha value is -5.49. The molecule has 216 valence electrons. The van der Waals surface area contributed by atoms with Crippen LogP contribution in [-0.4, -0.2) is 49.5 Å². The summed E-state index contributed by atoms with van der Waals surface area (Å²) in [4.78, 5) is 24.7. The first-order valence-electron chi connectivity index (χ1n) is 12.9. The number of anilines is 1. The summed E-state index contributed by atoms with van der Waals surface area (Å²) >= 11 is 6.20. The molecule has 5 aromatic rings. The van der Waals surface area contributed by atoms with Gasteiger partial charge in [-0.05, 0) is 82.6 Å². The Kier molecular flexibility index (Phi) is 9.08. The Morgan fingerprint density at radius 2 is 1.81 bits per heavy atom. The van der Waals surface area contributed by atoms with Crippen molar-refractivity contribution in [1.82, 2.24) is 35.7 Å². The predicted octanol–water partition coefficient (Wildman–Crippen LogP) is 5.20. The van der Waals surface area contributed by atoms with Gasteiger partial charge in [0.25, 0.3) is 0 Å². The molecule has 0 aliphatic carbocycles. The monoisotopic (exact) mass is 598 g/mol. The molecule has 0 spiro atoms. The van der Waals surface area contributed by atoms with Crippen molar-refractivity contribution in [1.29, 1.82) is 0 Å². The normalized spacial score (nSPS) is 11.7. The van der Waals surface area contributed by atoms with E-state index in [1.165, 1.54) is 36.3 Å². The van der Waals surface area contributed by atoms with Crippen molar-refractivity contribution in [2.75, 3.05) is 12.4 Å². The summed E-state index contributed by atoms with van der Waals surface area (Å²) in [6.45, 7) is 0. The Morgan fingerprint density at radius 1 is 1.02 bits per heavy atom. The van der Waals surface area contributed by atoms with E-state index in [0.717, 1.165) is 16.7 Å². The molecule has 2 N–H and O–H groups in total. The smallest absolute Gasteiger partial charge is 0.411 e. The van der Waals surface area contributed by atoms with Gasteiger partial charge in [0.05, 0.1) is 30.7 Å². The van der Waals surface area contributed by atoms with Gasteiger partial charge in [-0.3, -0.25) is 10.1 Å². The number of benzene rings is 3. The van der Waals surface area contributed by atoms with Crippen LogP contribution in [0.5, 0.6) is 0 Å². The van der Waals surface area contributed by atoms with Crippen LogP contribution in [0, 0.1) is 5.82 Å². The lowest BCUT2D eigenvalue weighted by molar-refractivity contribution is -0.117. The molecule has 1 atom stereocenters. The van der Waals surface area contributed by atoms with Crippen LogP contribution in [0.25, 0.3) is 22.9 Å². The van der Waals surface area contributed by atoms with E-state index in [2.05, 4.69) is 41.1 Å². The zero-order valence-electron chi connectivity index (χ0n) is 22.7. The molecule has 2 amide bonds. The van der Waals surface area contributed by atoms with Crippen molar-refractivity contribution in [3.05, 3.63) is 119 Å². The molecule has 43 heavy (non-hydrogen) atoms. The molecule has 3 aromatic carbocycles. The second-order valence-electron chi connectivity index (χ2n) is 9.25. The molecule has 2 heterocycles. The SMILES string of the molecule is COC(=O)Nc1ccc(-c2cnnc(C(Cc3ccc(F)cc3)NC(=O)C=Cc3cc(Cl)ccc3-n3cnnn3)c2)cc1. The highest BCUT2D eigenvalue weighted by Gasteiger charge is 2.18. The quantitative estimate of drug-likeness (QED) is 0.221. The Balaban J connectivity index is 1.40. The van der Waals surface area contributed by atoms with E-state index < -0.39 is 18.0 Å². The number of ether oxygens (including phenoxy) is 1. The fourth-order valence-electron chi connectivity index (χ4n) is 4.24. The van der Waals surface area contributed by atoms with Gasteiger partial charge in [-0.2, -0.15) is 14.9 Å². The molecule has 0 radical (unpaired) electrons. The molecule has 1 unspecified atom stereocenters. The number of halogens is 2. The maximum absolute atomic E-state index is 13.6. The minimum absolute atomic E-state index is 0.326. The Bertz CT molecular complexity index is 1750. The fraction of sp³-hybridized carbons (Fsp3) is 0.100. The van der Waals surface area contributed by atoms with E-state index in [9.17, 15) is 14.0 Å². The van der Waals surface area contributed by atoms with Crippen LogP contribution in [-0.2, 0) is 16.0 Å². The summed E-state index contributed by atoms with van der Waals surface area (Å²) in [5.41, 5.74) is 4.66. The van der Waals surface area contributed by atoms with Gasteiger partial charge in [0.1, 0.15) is 12.1 Å². The summed E-state index contributed by atoms with van der Waals surface area (Å²) in [6, 6.07) is 19.5. The number of hydrogen-bond donors (Lipinski definition) is 2. The lowest BCUT2D eigenvalue weighted by atomic mass is 10.00. The zero-order chi connectivity index (χ0) is 30.2. The molecule has 0 bridgehead atoms. The number of amides is 2. The topological polar surface area (TPSA) is 137 Å². The van der Waals surface area contributed by atoms with Crippen LogP contribution in [0.4, 0.5) is 14.9 Å². The predicted molar refractivity (Wildman–Crippen MR) is 158 cm³/mol. The largest absolute Gasteiger partial charge is 0.453 e. The first-order chi connectivity index (χ1) is 20.9. The van der Waals surface area contributed by atoms with Crippen molar-refractivity contribution in [3.63, 3.8) is 0 Å². The molecule has 13 heteroatoms. The number of carbonyl (C=O) groups excluding carboxylic acids is 2. The van der Waals surface area contributed by atoms with Crippen LogP contribution in [0.1, 0.15) is 22.9 Å². The maximum Gasteiger partial charge on any atom is 0.411 e. The highest BCUT2D eigenvalue weighted by molar-refractivity contribution is 6.30. The van der Waals surface area contributed by atoms with Crippen LogP contribution in [0.3, 0.4) is 0 Å². The number of hydrogen-bond acceptors (Lipinski definition) is 8. The molecule has 0 aliphatic rings. The van der Waals surface area contributed by atoms with Crippen molar-refractivity contribution in [2.24, 2.45) is 0 Å². The third-order valence-corrected chi connectivity index (χ3v) is 6.58. The molecule has 5 rings (SSSR count). The van der Waals surface area contributed by atoms with Gasteiger partial charge in [0, 0.05) is 27.9 Å². The summed E-state index contributed by atoms with van der Waals surface area (Å²) in [7, 11) is 1.29. The maximum atomic E-state index is 13.6. The number of rotatable bonds is 9. The van der Waals surface area contributed by atoms with Crippen LogP contribution in [0.2, 0.25) is 5.02 Å². The minimum atomic E-state index is -0.603. The van der Waals surface area contributed by atoms with Gasteiger partial charge in [-0.25, -0.2) is 9.18 Å². The molecule has 0 fully saturated rings. The van der Waals surface area contributed by atoms with Gasteiger partial charge in [0.15, 0.2) is 0 Å². The summed E-state index contributed by atoms with van der Waals surface area (Å²) < 4.78 is 19.7. The average Bonchev–Trinajstić information content (AvgIpc) is 3.56. The van der Waals surface area contributed by atoms with E-state index in [0.29, 0.717) is 34.1 Å². The minimum Gasteiger partial charge on any atom is -0.453 e. The number of nitrogens with one attached hydrogen (secondary N) is 2. The van der Waals surface area contributed by atoms with Crippen molar-refractivity contribution in [3.8, 4) is 16.8 Å². The number of methoxy groups -OCH3 is 1. The van der Waals surface area contributed by atoms with Gasteiger partial charge in [-0.15, -0.1) is 5.10 Å². The first kappa shape index (κ1) is 29.0. The van der Waals surface area contributed by atoms with Gasteiger partial charge < -0.3 is 10.1 Å². The van der Waals surface area contributed by atoms with E-state index in [1.807, 2.05) is 18.2 Å². The Morgan fingerprint density at radius 3 is 2.53 bits per heavy atom. The van der Waals surface area contributed by atoms with Crippen LogP contribution < -0.4 is 10.6 Å². The van der Waals surface area contributed by atoms with E-state index in [1.54, 1.807) is 54.7 Å². The van der Waals surface area contributed by atoms with Gasteiger partial charge >= 0.3 is 6.09 Å². The molecule has 0 saturated heterocycles. The highest BCUT2D eigenvalue weighted by Crippen LogP contribution is 2.25. The lowest BCUT2D eigenvalue weighted by Gasteiger charge is -2.18. The van der Waals surface area contributed by atoms with Gasteiger partial charge in [-0.1, -0.05) is 35.9 Å². The van der Waals surface area contributed by atoms with Gasteiger partial charge in [0.2, 0.25) is 5.91 Å². The Labute approximate surface area is 250 Å². The summed E-state index contributed by atoms with van der Waals surface area (Å²) in [5.74, 6) is -0.765. The summed E-state index contributed by atoms with van der Waals surface area (Å²) in [6.07, 6.45) is 5.78. The van der Waals surface area contributed by atoms with E-state index in [-0.39, 0.29) is 5.82 Å². The first-order valence-corrected chi connectivity index (χ1v) is 13.3. The number of tetrazole rings is 1. The molecule has 11 nitrogen and oxygen atoms in total. The van der Waals surface area contributed by atoms with E-state index in [4.69, 9.17) is 11.6 Å². The molecular weight excluding hydrogens is 575 g/mol. The fourth-order valence-corrected chi connectivity index (χ4v) is 4.42. The summed E-state index contributed by atoms with van der Waals surface area (Å²) in [5, 5.41) is 25.8. The van der Waals surface area contributed by atoms with Crippen molar-refractivity contribution in [2.45, 2.75) is 12.5 Å². The highest BCUT2D eigenvalue weighted by atomic mass is 35.5. The molecule has 0 aliphatic heterocycles. The average molecular weight is 599 g/mol. The number of aromatic nitrogens is 6. The van der Waals surface area contributed by atoms with Crippen LogP contribution in [0.15, 0.2) is 91.4 Å². The van der Waals surface area contributed by atoms with E-state index >= 15 is 0 Å². The molecule has 2 aromatic heterocycles. The standard InChI is InChI=1S/C30H24ClFN8O3/c1-43-30(42)35-25-10-4-20(5-11-25)22-16-27(37-33-17-22)26(14-19-2-8-24(32)9-3-19)36-29(41)13-6-21-15-23(31)7-12-28(21)40-18-34-38-39-40/h2-13,15-18,26H,14H2,1H3,(H,35,42)(H,36,41). The third kappa shape index (κ3) is 7.63. The second-order valence-corrected chi connectivity index (χ2v) is 9.68. The lowest BCUT2D eigenvalue weighted by Crippen LogP contribution is -2.29. The molecule has 0 saturated carbocycles. The van der Waals surface area contributed by atoms with Crippen molar-refractivity contribution >= 4 is 35.4 Å². The number of nitrogens with zero attached hydrogens (tertiary/aromatic N) is 6.